The second-order valence-electron chi connectivity index (χ2n) is 3.13. The monoisotopic (exact) mass is 259 g/mol. The van der Waals surface area contributed by atoms with Gasteiger partial charge in [0.05, 0.1) is 23.7 Å². The van der Waals surface area contributed by atoms with Gasteiger partial charge in [-0.1, -0.05) is 12.1 Å². The summed E-state index contributed by atoms with van der Waals surface area (Å²) < 4.78 is 5.93. The van der Waals surface area contributed by atoms with Crippen molar-refractivity contribution in [3.8, 4) is 5.75 Å². The van der Waals surface area contributed by atoms with Gasteiger partial charge in [0.1, 0.15) is 5.75 Å². The average Bonchev–Trinajstić information content (AvgIpc) is 2.17. The minimum atomic E-state index is -0.585. The molecule has 1 rings (SSSR count). The predicted octanol–water partition coefficient (Wildman–Crippen LogP) is 1.84. The number of hydrogen-bond donors (Lipinski definition) is 2. The van der Waals surface area contributed by atoms with Gasteiger partial charge in [-0.25, -0.2) is 0 Å². The van der Waals surface area contributed by atoms with E-state index in [0.29, 0.717) is 0 Å². The Bertz CT molecular complexity index is 315. The summed E-state index contributed by atoms with van der Waals surface area (Å²) >= 11 is 3.39. The van der Waals surface area contributed by atoms with Crippen LogP contribution in [-0.4, -0.2) is 18.3 Å². The van der Waals surface area contributed by atoms with E-state index in [1.165, 1.54) is 0 Å². The summed E-state index contributed by atoms with van der Waals surface area (Å²) in [6.45, 7) is 1.66. The average molecular weight is 260 g/mol. The Morgan fingerprint density at radius 1 is 1.50 bits per heavy atom. The van der Waals surface area contributed by atoms with Crippen LogP contribution in [0.2, 0.25) is 0 Å². The second kappa shape index (κ2) is 4.77. The molecule has 0 spiro atoms. The van der Waals surface area contributed by atoms with Crippen molar-refractivity contribution in [3.05, 3.63) is 28.2 Å². The first-order chi connectivity index (χ1) is 6.57. The lowest BCUT2D eigenvalue weighted by atomic mass is 10.0. The first-order valence-corrected chi connectivity index (χ1v) is 5.13. The van der Waals surface area contributed by atoms with Crippen molar-refractivity contribution in [1.29, 1.82) is 0 Å². The van der Waals surface area contributed by atoms with Gasteiger partial charge in [-0.15, -0.1) is 0 Å². The number of rotatable bonds is 3. The van der Waals surface area contributed by atoms with E-state index >= 15 is 0 Å². The summed E-state index contributed by atoms with van der Waals surface area (Å²) in [6.07, 6.45) is -0.585. The van der Waals surface area contributed by atoms with Crippen molar-refractivity contribution in [2.75, 3.05) is 7.11 Å². The van der Waals surface area contributed by atoms with Gasteiger partial charge in [0, 0.05) is 0 Å². The van der Waals surface area contributed by atoms with Gasteiger partial charge in [-0.3, -0.25) is 0 Å². The molecule has 1 aromatic rings. The van der Waals surface area contributed by atoms with E-state index in [2.05, 4.69) is 15.9 Å². The lowest BCUT2D eigenvalue weighted by Crippen LogP contribution is -2.23. The molecule has 4 heteroatoms. The number of nitrogens with two attached hydrogens (primary N) is 1. The number of ether oxygens (including phenoxy) is 1. The molecule has 0 aliphatic rings. The summed E-state index contributed by atoms with van der Waals surface area (Å²) in [5.41, 5.74) is 6.67. The maximum absolute atomic E-state index is 9.38. The summed E-state index contributed by atoms with van der Waals surface area (Å²) in [5.74, 6) is 0.721. The summed E-state index contributed by atoms with van der Waals surface area (Å²) in [5, 5.41) is 9.38. The highest BCUT2D eigenvalue weighted by Gasteiger charge is 2.16. The predicted molar refractivity (Wildman–Crippen MR) is 59.3 cm³/mol. The molecule has 0 radical (unpaired) electrons. The molecule has 0 aliphatic heterocycles. The maximum atomic E-state index is 9.38. The van der Waals surface area contributed by atoms with Crippen LogP contribution < -0.4 is 10.5 Å². The fourth-order valence-corrected chi connectivity index (χ4v) is 1.89. The number of aliphatic hydroxyl groups excluding tert-OH is 1. The highest BCUT2D eigenvalue weighted by molar-refractivity contribution is 9.10. The van der Waals surface area contributed by atoms with Gasteiger partial charge in [0.15, 0.2) is 0 Å². The van der Waals surface area contributed by atoms with Crippen LogP contribution in [-0.2, 0) is 0 Å². The van der Waals surface area contributed by atoms with E-state index in [4.69, 9.17) is 10.5 Å². The number of benzene rings is 1. The molecule has 14 heavy (non-hydrogen) atoms. The zero-order valence-electron chi connectivity index (χ0n) is 8.20. The van der Waals surface area contributed by atoms with Crippen LogP contribution >= 0.6 is 15.9 Å². The summed E-state index contributed by atoms with van der Waals surface area (Å²) in [4.78, 5) is 0. The fourth-order valence-electron chi connectivity index (χ4n) is 1.20. The summed E-state index contributed by atoms with van der Waals surface area (Å²) in [6, 6.07) is 5.15. The van der Waals surface area contributed by atoms with Gasteiger partial charge in [0.2, 0.25) is 0 Å². The van der Waals surface area contributed by atoms with Crippen molar-refractivity contribution in [2.24, 2.45) is 5.73 Å². The van der Waals surface area contributed by atoms with Crippen LogP contribution in [0.25, 0.3) is 0 Å². The maximum Gasteiger partial charge on any atom is 0.133 e. The largest absolute Gasteiger partial charge is 0.496 e. The highest BCUT2D eigenvalue weighted by atomic mass is 79.9. The third-order valence-corrected chi connectivity index (χ3v) is 2.94. The Morgan fingerprint density at radius 3 is 2.64 bits per heavy atom. The molecule has 0 amide bonds. The minimum absolute atomic E-state index is 0.403. The number of aliphatic hydroxyl groups is 1. The van der Waals surface area contributed by atoms with Gasteiger partial charge in [-0.05, 0) is 34.5 Å². The zero-order chi connectivity index (χ0) is 10.7. The highest BCUT2D eigenvalue weighted by Crippen LogP contribution is 2.32. The number of hydrogen-bond acceptors (Lipinski definition) is 3. The van der Waals surface area contributed by atoms with E-state index in [1.54, 1.807) is 14.0 Å². The first-order valence-electron chi connectivity index (χ1n) is 4.34. The molecule has 0 fully saturated rings. The Labute approximate surface area is 92.0 Å². The molecule has 1 aromatic carbocycles. The van der Waals surface area contributed by atoms with E-state index in [1.807, 2.05) is 18.2 Å². The van der Waals surface area contributed by atoms with E-state index in [-0.39, 0.29) is 0 Å². The first kappa shape index (κ1) is 11.5. The van der Waals surface area contributed by atoms with E-state index in [0.717, 1.165) is 15.8 Å². The van der Waals surface area contributed by atoms with Crippen LogP contribution in [0.15, 0.2) is 22.7 Å². The Hall–Kier alpha value is -0.580. The van der Waals surface area contributed by atoms with Crippen molar-refractivity contribution < 1.29 is 9.84 Å². The molecule has 3 N–H and O–H groups in total. The quantitative estimate of drug-likeness (QED) is 0.871. The van der Waals surface area contributed by atoms with Crippen molar-refractivity contribution in [1.82, 2.24) is 0 Å². The molecule has 0 saturated heterocycles. The fraction of sp³-hybridized carbons (Fsp3) is 0.400. The van der Waals surface area contributed by atoms with Crippen LogP contribution in [0.3, 0.4) is 0 Å². The molecular weight excluding hydrogens is 246 g/mol. The zero-order valence-corrected chi connectivity index (χ0v) is 9.78. The molecule has 0 aromatic heterocycles. The third-order valence-electron chi connectivity index (χ3n) is 2.09. The Morgan fingerprint density at radius 2 is 2.14 bits per heavy atom. The van der Waals surface area contributed by atoms with Crippen LogP contribution in [0, 0.1) is 0 Å². The molecule has 0 unspecified atom stereocenters. The standard InChI is InChI=1S/C10H14BrNO2/c1-6(13)10(12)7-4-3-5-8(14-2)9(7)11/h3-6,10,13H,12H2,1-2H3/t6-,10-/m1/s1. The molecule has 0 bridgehead atoms. The van der Waals surface area contributed by atoms with Crippen molar-refractivity contribution in [3.63, 3.8) is 0 Å². The molecule has 0 heterocycles. The van der Waals surface area contributed by atoms with Crippen LogP contribution in [0.4, 0.5) is 0 Å². The SMILES string of the molecule is COc1cccc([C@H](N)[C@@H](C)O)c1Br. The number of halogens is 1. The van der Waals surface area contributed by atoms with Crippen molar-refractivity contribution >= 4 is 15.9 Å². The summed E-state index contributed by atoms with van der Waals surface area (Å²) in [7, 11) is 1.60. The minimum Gasteiger partial charge on any atom is -0.496 e. The lowest BCUT2D eigenvalue weighted by Gasteiger charge is -2.17. The molecule has 3 nitrogen and oxygen atoms in total. The van der Waals surface area contributed by atoms with Crippen LogP contribution in [0.5, 0.6) is 5.75 Å². The molecule has 0 aliphatic carbocycles. The van der Waals surface area contributed by atoms with E-state index in [9.17, 15) is 5.11 Å². The van der Waals surface area contributed by atoms with Gasteiger partial charge < -0.3 is 15.6 Å². The van der Waals surface area contributed by atoms with Crippen LogP contribution in [0.1, 0.15) is 18.5 Å². The van der Waals surface area contributed by atoms with Gasteiger partial charge in [0.25, 0.3) is 0 Å². The third kappa shape index (κ3) is 2.26. The normalized spacial score (nSPS) is 14.9. The Balaban J connectivity index is 3.09. The lowest BCUT2D eigenvalue weighted by molar-refractivity contribution is 0.164. The molecule has 2 atom stereocenters. The molecule has 78 valence electrons. The van der Waals surface area contributed by atoms with Gasteiger partial charge in [-0.2, -0.15) is 0 Å². The second-order valence-corrected chi connectivity index (χ2v) is 3.92. The van der Waals surface area contributed by atoms with Gasteiger partial charge >= 0.3 is 0 Å². The topological polar surface area (TPSA) is 55.5 Å². The number of methoxy groups -OCH3 is 1. The molecular formula is C10H14BrNO2. The van der Waals surface area contributed by atoms with E-state index < -0.39 is 12.1 Å². The molecule has 0 saturated carbocycles. The smallest absolute Gasteiger partial charge is 0.133 e. The Kier molecular flexibility index (Phi) is 3.92. The van der Waals surface area contributed by atoms with Crippen molar-refractivity contribution in [2.45, 2.75) is 19.1 Å².